The van der Waals surface area contributed by atoms with Crippen LogP contribution in [-0.2, 0) is 0 Å². The van der Waals surface area contributed by atoms with Gasteiger partial charge in [0.15, 0.2) is 5.82 Å². The summed E-state index contributed by atoms with van der Waals surface area (Å²) in [4.78, 5) is 27.1. The van der Waals surface area contributed by atoms with Crippen LogP contribution in [0.15, 0.2) is 66.7 Å². The third-order valence-electron chi connectivity index (χ3n) is 6.54. The van der Waals surface area contributed by atoms with Crippen molar-refractivity contribution in [3.8, 4) is 11.4 Å². The van der Waals surface area contributed by atoms with Crippen LogP contribution in [-0.4, -0.2) is 47.0 Å². The number of aryl methyl sites for hydroxylation is 2. The van der Waals surface area contributed by atoms with E-state index in [1.807, 2.05) is 42.2 Å². The monoisotopic (exact) mass is 436 g/mol. The van der Waals surface area contributed by atoms with Crippen molar-refractivity contribution in [2.24, 2.45) is 0 Å². The molecule has 1 aromatic heterocycles. The van der Waals surface area contributed by atoms with Crippen LogP contribution in [0.5, 0.6) is 0 Å². The minimum atomic E-state index is 0.0938. The molecule has 0 N–H and O–H groups in total. The molecule has 4 aromatic rings. The molecule has 1 aliphatic heterocycles. The highest BCUT2D eigenvalue weighted by molar-refractivity contribution is 5.98. The van der Waals surface area contributed by atoms with E-state index in [4.69, 9.17) is 9.97 Å². The first-order valence-electron chi connectivity index (χ1n) is 11.4. The van der Waals surface area contributed by atoms with E-state index in [1.165, 1.54) is 5.56 Å². The normalized spacial score (nSPS) is 14.0. The molecule has 2 heterocycles. The van der Waals surface area contributed by atoms with E-state index in [9.17, 15) is 4.79 Å². The van der Waals surface area contributed by atoms with Gasteiger partial charge in [-0.2, -0.15) is 0 Å². The Morgan fingerprint density at radius 1 is 0.788 bits per heavy atom. The molecule has 1 amide bonds. The number of aromatic nitrogens is 2. The summed E-state index contributed by atoms with van der Waals surface area (Å²) in [5.74, 6) is 1.81. The van der Waals surface area contributed by atoms with E-state index < -0.39 is 0 Å². The largest absolute Gasteiger partial charge is 0.353 e. The molecule has 166 valence electrons. The number of hydrogen-bond donors (Lipinski definition) is 0. The summed E-state index contributed by atoms with van der Waals surface area (Å²) < 4.78 is 0. The van der Waals surface area contributed by atoms with Gasteiger partial charge in [0.05, 0.1) is 0 Å². The molecule has 1 fully saturated rings. The maximum absolute atomic E-state index is 13.2. The summed E-state index contributed by atoms with van der Waals surface area (Å²) in [6.45, 7) is 9.05. The van der Waals surface area contributed by atoms with Crippen LogP contribution in [0.2, 0.25) is 0 Å². The van der Waals surface area contributed by atoms with Crippen LogP contribution in [0.4, 0.5) is 5.82 Å². The van der Waals surface area contributed by atoms with Crippen molar-refractivity contribution < 1.29 is 4.79 Å². The maximum Gasteiger partial charge on any atom is 0.253 e. The van der Waals surface area contributed by atoms with Crippen molar-refractivity contribution in [3.05, 3.63) is 89.1 Å². The lowest BCUT2D eigenvalue weighted by Gasteiger charge is -2.36. The van der Waals surface area contributed by atoms with Gasteiger partial charge in [-0.15, -0.1) is 0 Å². The number of amides is 1. The molecule has 0 radical (unpaired) electrons. The second kappa shape index (κ2) is 8.66. The van der Waals surface area contributed by atoms with Gasteiger partial charge in [-0.3, -0.25) is 4.79 Å². The molecule has 0 spiro atoms. The molecule has 5 rings (SSSR count). The Kier molecular flexibility index (Phi) is 5.55. The Morgan fingerprint density at radius 3 is 2.21 bits per heavy atom. The lowest BCUT2D eigenvalue weighted by atomic mass is 10.1. The summed E-state index contributed by atoms with van der Waals surface area (Å²) in [5, 5.41) is 2.25. The van der Waals surface area contributed by atoms with E-state index in [1.54, 1.807) is 0 Å². The second-order valence-corrected chi connectivity index (χ2v) is 8.79. The first kappa shape index (κ1) is 21.1. The lowest BCUT2D eigenvalue weighted by Crippen LogP contribution is -2.49. The van der Waals surface area contributed by atoms with Crippen molar-refractivity contribution in [1.82, 2.24) is 14.9 Å². The number of nitrogens with zero attached hydrogens (tertiary/aromatic N) is 4. The first-order chi connectivity index (χ1) is 16.0. The molecule has 5 heteroatoms. The molecular formula is C28H28N4O. The van der Waals surface area contributed by atoms with Crippen LogP contribution < -0.4 is 4.90 Å². The number of benzene rings is 3. The molecule has 1 saturated heterocycles. The molecule has 0 bridgehead atoms. The molecule has 0 unspecified atom stereocenters. The molecule has 5 nitrogen and oxygen atoms in total. The number of fused-ring (bicyclic) bond motifs is 1. The third kappa shape index (κ3) is 4.19. The summed E-state index contributed by atoms with van der Waals surface area (Å²) in [6.07, 6.45) is 0. The van der Waals surface area contributed by atoms with Gasteiger partial charge in [0.25, 0.3) is 5.91 Å². The van der Waals surface area contributed by atoms with Crippen molar-refractivity contribution >= 4 is 22.5 Å². The number of piperazine rings is 1. The Bertz CT molecular complexity index is 1320. The standard InChI is InChI=1S/C28H28N4O/c1-19-8-10-23(11-9-19)26-29-21(3)20(2)27(30-26)31-14-16-32(17-15-31)28(33)25-13-12-22-6-4-5-7-24(22)18-25/h4-13,18H,14-17H2,1-3H3. The third-order valence-corrected chi connectivity index (χ3v) is 6.54. The second-order valence-electron chi connectivity index (χ2n) is 8.79. The SMILES string of the molecule is Cc1ccc(-c2nc(C)c(C)c(N3CCN(C(=O)c4ccc5ccccc5c4)CC3)n2)cc1. The van der Waals surface area contributed by atoms with Gasteiger partial charge in [-0.25, -0.2) is 9.97 Å². The molecule has 33 heavy (non-hydrogen) atoms. The smallest absolute Gasteiger partial charge is 0.253 e. The van der Waals surface area contributed by atoms with Crippen LogP contribution in [0.1, 0.15) is 27.2 Å². The Morgan fingerprint density at radius 2 is 1.48 bits per heavy atom. The van der Waals surface area contributed by atoms with Crippen molar-refractivity contribution in [2.45, 2.75) is 20.8 Å². The average molecular weight is 437 g/mol. The zero-order chi connectivity index (χ0) is 22.9. The average Bonchev–Trinajstić information content (AvgIpc) is 2.85. The summed E-state index contributed by atoms with van der Waals surface area (Å²) in [6, 6.07) is 22.4. The first-order valence-corrected chi connectivity index (χ1v) is 11.4. The lowest BCUT2D eigenvalue weighted by molar-refractivity contribution is 0.0746. The van der Waals surface area contributed by atoms with Gasteiger partial charge in [-0.1, -0.05) is 60.2 Å². The van der Waals surface area contributed by atoms with Crippen LogP contribution >= 0.6 is 0 Å². The topological polar surface area (TPSA) is 49.3 Å². The van der Waals surface area contributed by atoms with Gasteiger partial charge < -0.3 is 9.80 Å². The van der Waals surface area contributed by atoms with Gasteiger partial charge in [0.1, 0.15) is 5.82 Å². The molecule has 0 atom stereocenters. The van der Waals surface area contributed by atoms with Crippen molar-refractivity contribution in [2.75, 3.05) is 31.1 Å². The van der Waals surface area contributed by atoms with E-state index in [0.29, 0.717) is 13.1 Å². The maximum atomic E-state index is 13.2. The fourth-order valence-corrected chi connectivity index (χ4v) is 4.38. The minimum Gasteiger partial charge on any atom is -0.353 e. The molecular weight excluding hydrogens is 408 g/mol. The highest BCUT2D eigenvalue weighted by Gasteiger charge is 2.25. The van der Waals surface area contributed by atoms with E-state index in [0.717, 1.165) is 57.9 Å². The van der Waals surface area contributed by atoms with Gasteiger partial charge >= 0.3 is 0 Å². The van der Waals surface area contributed by atoms with Gasteiger partial charge in [0, 0.05) is 48.6 Å². The molecule has 0 aliphatic carbocycles. The Hall–Kier alpha value is -3.73. The summed E-state index contributed by atoms with van der Waals surface area (Å²) >= 11 is 0. The molecule has 1 aliphatic rings. The number of hydrogen-bond acceptors (Lipinski definition) is 4. The van der Waals surface area contributed by atoms with E-state index >= 15 is 0 Å². The highest BCUT2D eigenvalue weighted by atomic mass is 16.2. The minimum absolute atomic E-state index is 0.0938. The molecule has 3 aromatic carbocycles. The van der Waals surface area contributed by atoms with Gasteiger partial charge in [-0.05, 0) is 43.7 Å². The fourth-order valence-electron chi connectivity index (χ4n) is 4.38. The zero-order valence-electron chi connectivity index (χ0n) is 19.4. The van der Waals surface area contributed by atoms with Gasteiger partial charge in [0.2, 0.25) is 0 Å². The van der Waals surface area contributed by atoms with Crippen LogP contribution in [0.3, 0.4) is 0 Å². The number of carbonyl (C=O) groups is 1. The Balaban J connectivity index is 1.34. The quantitative estimate of drug-likeness (QED) is 0.444. The van der Waals surface area contributed by atoms with Crippen molar-refractivity contribution in [1.29, 1.82) is 0 Å². The summed E-state index contributed by atoms with van der Waals surface area (Å²) in [7, 11) is 0. The highest BCUT2D eigenvalue weighted by Crippen LogP contribution is 2.26. The fraction of sp³-hybridized carbons (Fsp3) is 0.250. The predicted molar refractivity (Wildman–Crippen MR) is 134 cm³/mol. The Labute approximate surface area is 194 Å². The zero-order valence-corrected chi connectivity index (χ0v) is 19.4. The van der Waals surface area contributed by atoms with Crippen LogP contribution in [0, 0.1) is 20.8 Å². The summed E-state index contributed by atoms with van der Waals surface area (Å²) in [5.41, 5.74) is 5.08. The number of carbonyl (C=O) groups excluding carboxylic acids is 1. The van der Waals surface area contributed by atoms with Crippen molar-refractivity contribution in [3.63, 3.8) is 0 Å². The van der Waals surface area contributed by atoms with Crippen LogP contribution in [0.25, 0.3) is 22.2 Å². The van der Waals surface area contributed by atoms with E-state index in [2.05, 4.69) is 55.1 Å². The predicted octanol–water partition coefficient (Wildman–Crippen LogP) is 5.18. The number of rotatable bonds is 3. The molecule has 0 saturated carbocycles. The van der Waals surface area contributed by atoms with E-state index in [-0.39, 0.29) is 5.91 Å². The number of anilines is 1.